The summed E-state index contributed by atoms with van der Waals surface area (Å²) in [5, 5.41) is 9.12. The number of nitrogens with zero attached hydrogens (tertiary/aromatic N) is 6. The first-order chi connectivity index (χ1) is 15.0. The second-order valence-electron chi connectivity index (χ2n) is 7.55. The average Bonchev–Trinajstić information content (AvgIpc) is 3.40. The maximum absolute atomic E-state index is 5.01. The van der Waals surface area contributed by atoms with Crippen molar-refractivity contribution in [2.75, 3.05) is 37.4 Å². The maximum Gasteiger partial charge on any atom is 0.167 e. The number of hydrogen-bond acceptors (Lipinski definition) is 7. The fraction of sp³-hybridized carbons (Fsp3) is 0.435. The molecular formula is C23H33N7S. The van der Waals surface area contributed by atoms with Crippen LogP contribution >= 0.6 is 11.5 Å². The summed E-state index contributed by atoms with van der Waals surface area (Å²) < 4.78 is 6.25. The molecule has 4 rings (SSSR count). The molecule has 0 amide bonds. The number of hydrogen-bond donors (Lipinski definition) is 1. The minimum absolute atomic E-state index is 0.824. The van der Waals surface area contributed by atoms with Gasteiger partial charge < -0.3 is 15.1 Å². The van der Waals surface area contributed by atoms with E-state index in [1.54, 1.807) is 0 Å². The standard InChI is InChI=1S/C21H27N7S.C2H6/c1-5-16(14-26(3)4)17-13-22-28-19(23-20-11-15(2)25-29-20)12-18(24-21(17)28)27-9-7-6-8-10-27;1-2/h5,11-14,23H,1,6-10H2,2-4H3;1-2H3/b16-14+;. The first-order valence-electron chi connectivity index (χ1n) is 10.9. The molecule has 1 N–H and O–H groups in total. The van der Waals surface area contributed by atoms with E-state index in [9.17, 15) is 0 Å². The molecule has 1 aliphatic rings. The van der Waals surface area contributed by atoms with Crippen LogP contribution in [0.1, 0.15) is 44.4 Å². The van der Waals surface area contributed by atoms with Crippen LogP contribution in [-0.2, 0) is 0 Å². The van der Waals surface area contributed by atoms with Gasteiger partial charge in [0.1, 0.15) is 16.6 Å². The lowest BCUT2D eigenvalue weighted by molar-refractivity contribution is 0.566. The van der Waals surface area contributed by atoms with Crippen molar-refractivity contribution in [3.05, 3.63) is 48.4 Å². The van der Waals surface area contributed by atoms with E-state index in [4.69, 9.17) is 4.98 Å². The third kappa shape index (κ3) is 5.25. The predicted molar refractivity (Wildman–Crippen MR) is 132 cm³/mol. The van der Waals surface area contributed by atoms with Crippen LogP contribution in [0.2, 0.25) is 0 Å². The first kappa shape index (κ1) is 22.8. The largest absolute Gasteiger partial charge is 0.383 e. The molecule has 1 saturated heterocycles. The maximum atomic E-state index is 5.01. The lowest BCUT2D eigenvalue weighted by atomic mass is 10.1. The van der Waals surface area contributed by atoms with Crippen LogP contribution in [0.15, 0.2) is 37.2 Å². The van der Waals surface area contributed by atoms with Crippen molar-refractivity contribution in [3.8, 4) is 0 Å². The number of aromatic nitrogens is 4. The van der Waals surface area contributed by atoms with Gasteiger partial charge in [0.25, 0.3) is 0 Å². The molecule has 0 bridgehead atoms. The van der Waals surface area contributed by atoms with Gasteiger partial charge in [-0.1, -0.05) is 26.5 Å². The first-order valence-corrected chi connectivity index (χ1v) is 11.7. The summed E-state index contributed by atoms with van der Waals surface area (Å²) in [6, 6.07) is 4.14. The minimum atomic E-state index is 0.824. The van der Waals surface area contributed by atoms with Gasteiger partial charge in [-0.05, 0) is 43.8 Å². The molecule has 1 fully saturated rings. The topological polar surface area (TPSA) is 61.6 Å². The molecule has 0 spiro atoms. The second kappa shape index (κ2) is 10.4. The molecular weight excluding hydrogens is 406 g/mol. The molecule has 166 valence electrons. The summed E-state index contributed by atoms with van der Waals surface area (Å²) in [5.74, 6) is 1.87. The van der Waals surface area contributed by atoms with E-state index in [1.165, 1.54) is 30.8 Å². The molecule has 0 radical (unpaired) electrons. The average molecular weight is 440 g/mol. The van der Waals surface area contributed by atoms with E-state index >= 15 is 0 Å². The van der Waals surface area contributed by atoms with Gasteiger partial charge >= 0.3 is 0 Å². The summed E-state index contributed by atoms with van der Waals surface area (Å²) in [7, 11) is 4.00. The van der Waals surface area contributed by atoms with Gasteiger partial charge in [-0.15, -0.1) is 0 Å². The molecule has 0 atom stereocenters. The van der Waals surface area contributed by atoms with Crippen LogP contribution in [0.3, 0.4) is 0 Å². The Kier molecular flexibility index (Phi) is 7.68. The molecule has 1 aliphatic heterocycles. The fourth-order valence-electron chi connectivity index (χ4n) is 3.59. The van der Waals surface area contributed by atoms with Crippen LogP contribution in [0.5, 0.6) is 0 Å². The molecule has 3 aromatic heterocycles. The van der Waals surface area contributed by atoms with Crippen molar-refractivity contribution in [1.82, 2.24) is 23.9 Å². The second-order valence-corrected chi connectivity index (χ2v) is 8.36. The van der Waals surface area contributed by atoms with Crippen LogP contribution < -0.4 is 10.2 Å². The Morgan fingerprint density at radius 1 is 1.19 bits per heavy atom. The molecule has 7 nitrogen and oxygen atoms in total. The zero-order valence-corrected chi connectivity index (χ0v) is 20.0. The van der Waals surface area contributed by atoms with Crippen molar-refractivity contribution in [2.24, 2.45) is 0 Å². The number of aryl methyl sites for hydroxylation is 1. The lowest BCUT2D eigenvalue weighted by Gasteiger charge is -2.28. The lowest BCUT2D eigenvalue weighted by Crippen LogP contribution is -2.30. The highest BCUT2D eigenvalue weighted by Gasteiger charge is 2.19. The minimum Gasteiger partial charge on any atom is -0.383 e. The Bertz CT molecular complexity index is 1040. The van der Waals surface area contributed by atoms with E-state index in [0.717, 1.165) is 52.2 Å². The number of allylic oxidation sites excluding steroid dienone is 2. The van der Waals surface area contributed by atoms with Crippen molar-refractivity contribution in [3.63, 3.8) is 0 Å². The Labute approximate surface area is 189 Å². The van der Waals surface area contributed by atoms with E-state index in [0.29, 0.717) is 0 Å². The van der Waals surface area contributed by atoms with E-state index < -0.39 is 0 Å². The predicted octanol–water partition coefficient (Wildman–Crippen LogP) is 5.34. The van der Waals surface area contributed by atoms with Crippen LogP contribution in [0.4, 0.5) is 16.6 Å². The highest BCUT2D eigenvalue weighted by molar-refractivity contribution is 7.10. The Hall–Kier alpha value is -2.87. The Balaban J connectivity index is 0.00000132. The normalized spacial score (nSPS) is 14.2. The Morgan fingerprint density at radius 2 is 1.94 bits per heavy atom. The monoisotopic (exact) mass is 439 g/mol. The fourth-order valence-corrected chi connectivity index (χ4v) is 4.26. The number of piperidine rings is 1. The number of anilines is 3. The van der Waals surface area contributed by atoms with Gasteiger partial charge in [0.15, 0.2) is 5.65 Å². The van der Waals surface area contributed by atoms with Gasteiger partial charge in [-0.2, -0.15) is 14.0 Å². The van der Waals surface area contributed by atoms with Crippen LogP contribution in [0.25, 0.3) is 11.2 Å². The number of fused-ring (bicyclic) bond motifs is 1. The van der Waals surface area contributed by atoms with Crippen molar-refractivity contribution < 1.29 is 0 Å². The van der Waals surface area contributed by atoms with Crippen molar-refractivity contribution in [2.45, 2.75) is 40.0 Å². The molecule has 3 aromatic rings. The van der Waals surface area contributed by atoms with Gasteiger partial charge in [0, 0.05) is 50.6 Å². The Morgan fingerprint density at radius 3 is 2.55 bits per heavy atom. The highest BCUT2D eigenvalue weighted by Crippen LogP contribution is 2.30. The molecule has 0 aromatic carbocycles. The quantitative estimate of drug-likeness (QED) is 0.523. The van der Waals surface area contributed by atoms with Gasteiger partial charge in [-0.3, -0.25) is 0 Å². The molecule has 31 heavy (non-hydrogen) atoms. The molecule has 0 aliphatic carbocycles. The third-order valence-corrected chi connectivity index (χ3v) is 5.74. The van der Waals surface area contributed by atoms with Crippen molar-refractivity contribution in [1.29, 1.82) is 0 Å². The summed E-state index contributed by atoms with van der Waals surface area (Å²) in [6.07, 6.45) is 9.45. The van der Waals surface area contributed by atoms with E-state index in [2.05, 4.69) is 32.3 Å². The molecule has 0 saturated carbocycles. The van der Waals surface area contributed by atoms with E-state index in [-0.39, 0.29) is 0 Å². The van der Waals surface area contributed by atoms with E-state index in [1.807, 2.05) is 68.8 Å². The molecule has 4 heterocycles. The zero-order chi connectivity index (χ0) is 22.4. The SMILES string of the molecule is C=C/C(=C\N(C)C)c1cnn2c(Nc3cc(C)ns3)cc(N3CCCCC3)nc12.CC. The molecule has 8 heteroatoms. The van der Waals surface area contributed by atoms with Gasteiger partial charge in [0.05, 0.1) is 11.9 Å². The van der Waals surface area contributed by atoms with Crippen molar-refractivity contribution >= 4 is 39.4 Å². The van der Waals surface area contributed by atoms with Gasteiger partial charge in [0.2, 0.25) is 0 Å². The van der Waals surface area contributed by atoms with Crippen LogP contribution in [-0.4, -0.2) is 51.1 Å². The summed E-state index contributed by atoms with van der Waals surface area (Å²) in [4.78, 5) is 9.39. The number of rotatable bonds is 6. The number of nitrogens with one attached hydrogen (secondary N) is 1. The van der Waals surface area contributed by atoms with Gasteiger partial charge in [-0.25, -0.2) is 4.98 Å². The van der Waals surface area contributed by atoms with Crippen LogP contribution in [0, 0.1) is 6.92 Å². The zero-order valence-electron chi connectivity index (χ0n) is 19.2. The summed E-state index contributed by atoms with van der Waals surface area (Å²) in [5.41, 5.74) is 3.79. The summed E-state index contributed by atoms with van der Waals surface area (Å²) >= 11 is 1.45. The summed E-state index contributed by atoms with van der Waals surface area (Å²) in [6.45, 7) is 12.1. The third-order valence-electron chi connectivity index (χ3n) is 4.95. The smallest absolute Gasteiger partial charge is 0.167 e. The highest BCUT2D eigenvalue weighted by atomic mass is 32.1. The molecule has 0 unspecified atom stereocenters.